The van der Waals surface area contributed by atoms with Crippen molar-refractivity contribution in [3.8, 4) is 17.0 Å². The van der Waals surface area contributed by atoms with E-state index in [-0.39, 0.29) is 6.10 Å². The molecule has 4 rings (SSSR count). The van der Waals surface area contributed by atoms with Gasteiger partial charge >= 0.3 is 0 Å². The molecule has 9 heteroatoms. The maximum Gasteiger partial charge on any atom is 0.242 e. The molecule has 1 saturated heterocycles. The normalized spacial score (nSPS) is 15.4. The Hall–Kier alpha value is -3.17. The second-order valence-electron chi connectivity index (χ2n) is 6.82. The van der Waals surface area contributed by atoms with Gasteiger partial charge in [0.05, 0.1) is 5.69 Å². The molecule has 1 aromatic carbocycles. The number of nitrogens with one attached hydrogen (secondary N) is 1. The Bertz CT molecular complexity index is 976. The molecule has 3 aromatic rings. The lowest BCUT2D eigenvalue weighted by molar-refractivity contribution is 0.157. The third-order valence-electron chi connectivity index (χ3n) is 4.95. The minimum Gasteiger partial charge on any atom is -0.473 e. The molecule has 5 N–H and O–H groups in total. The molecule has 1 fully saturated rings. The van der Waals surface area contributed by atoms with Gasteiger partial charge in [0.15, 0.2) is 0 Å². The van der Waals surface area contributed by atoms with E-state index in [9.17, 15) is 0 Å². The Labute approximate surface area is 163 Å². The van der Waals surface area contributed by atoms with E-state index in [1.54, 1.807) is 6.33 Å². The summed E-state index contributed by atoms with van der Waals surface area (Å²) in [7, 11) is 1.98. The average molecular weight is 380 g/mol. The summed E-state index contributed by atoms with van der Waals surface area (Å²) >= 11 is 0. The van der Waals surface area contributed by atoms with Gasteiger partial charge in [0.25, 0.3) is 0 Å². The molecule has 0 radical (unpaired) electrons. The van der Waals surface area contributed by atoms with E-state index in [2.05, 4.69) is 20.4 Å². The zero-order valence-corrected chi connectivity index (χ0v) is 15.7. The zero-order chi connectivity index (χ0) is 19.5. The molecule has 9 nitrogen and oxygen atoms in total. The molecular weight excluding hydrogens is 356 g/mol. The van der Waals surface area contributed by atoms with Crippen LogP contribution in [0.1, 0.15) is 12.8 Å². The number of benzene rings is 1. The number of hydrogen-bond donors (Lipinski definition) is 3. The van der Waals surface area contributed by atoms with Crippen LogP contribution in [0.15, 0.2) is 41.9 Å². The molecule has 3 heterocycles. The van der Waals surface area contributed by atoms with Crippen molar-refractivity contribution in [2.45, 2.75) is 18.9 Å². The van der Waals surface area contributed by atoms with Gasteiger partial charge in [-0.05, 0) is 43.6 Å². The van der Waals surface area contributed by atoms with Crippen molar-refractivity contribution in [1.82, 2.24) is 19.9 Å². The van der Waals surface area contributed by atoms with Gasteiger partial charge in [0.1, 0.15) is 29.8 Å². The lowest BCUT2D eigenvalue weighted by Crippen LogP contribution is -2.34. The van der Waals surface area contributed by atoms with Crippen molar-refractivity contribution in [3.63, 3.8) is 0 Å². The third kappa shape index (κ3) is 3.49. The predicted molar refractivity (Wildman–Crippen MR) is 110 cm³/mol. The molecule has 0 bridgehead atoms. The largest absolute Gasteiger partial charge is 0.473 e. The van der Waals surface area contributed by atoms with Gasteiger partial charge in [-0.15, -0.1) is 0 Å². The quantitative estimate of drug-likeness (QED) is 0.264. The van der Waals surface area contributed by atoms with Gasteiger partial charge in [-0.1, -0.05) is 12.1 Å². The zero-order valence-electron chi connectivity index (χ0n) is 15.7. The van der Waals surface area contributed by atoms with E-state index in [0.29, 0.717) is 5.88 Å². The third-order valence-corrected chi connectivity index (χ3v) is 4.95. The van der Waals surface area contributed by atoms with Crippen molar-refractivity contribution >= 4 is 23.1 Å². The fraction of sp³-hybridized carbons (Fsp3) is 0.316. The van der Waals surface area contributed by atoms with Crippen molar-refractivity contribution in [2.75, 3.05) is 18.1 Å². The molecular formula is C19H24N8O. The number of hydrogen-bond acceptors (Lipinski definition) is 7. The number of hydrazine groups is 1. The van der Waals surface area contributed by atoms with E-state index in [1.807, 2.05) is 42.1 Å². The molecule has 1 aliphatic heterocycles. The van der Waals surface area contributed by atoms with Gasteiger partial charge in [-0.25, -0.2) is 10.8 Å². The summed E-state index contributed by atoms with van der Waals surface area (Å²) in [6, 6.07) is 7.79. The Morgan fingerprint density at radius 1 is 1.25 bits per heavy atom. The Morgan fingerprint density at radius 2 is 2.00 bits per heavy atom. The first kappa shape index (κ1) is 18.2. The van der Waals surface area contributed by atoms with Crippen LogP contribution in [-0.2, 0) is 7.05 Å². The fourth-order valence-corrected chi connectivity index (χ4v) is 3.52. The minimum atomic E-state index is 0.178. The average Bonchev–Trinajstić information content (AvgIpc) is 3.07. The van der Waals surface area contributed by atoms with E-state index >= 15 is 0 Å². The number of nitrogens with zero attached hydrogens (tertiary/aromatic N) is 5. The molecule has 0 atom stereocenters. The predicted octanol–water partition coefficient (Wildman–Crippen LogP) is 1.35. The Balaban J connectivity index is 1.68. The van der Waals surface area contributed by atoms with Crippen LogP contribution in [0.25, 0.3) is 22.2 Å². The summed E-state index contributed by atoms with van der Waals surface area (Å²) in [6.07, 6.45) is 7.10. The highest BCUT2D eigenvalue weighted by Gasteiger charge is 2.20. The van der Waals surface area contributed by atoms with E-state index in [4.69, 9.17) is 16.4 Å². The van der Waals surface area contributed by atoms with Crippen LogP contribution in [-0.4, -0.2) is 40.1 Å². The standard InChI is InChI=1S/C19H24N8O/c1-26-10-16(13-2-4-14(5-3-13)27(21)12-25-20)17-18(26)19(24-11-23-17)28-15-6-8-22-9-7-15/h2-5,10-12,15,22H,6-9,20-21H2,1H3. The van der Waals surface area contributed by atoms with E-state index in [0.717, 1.165) is 53.8 Å². The summed E-state index contributed by atoms with van der Waals surface area (Å²) < 4.78 is 8.23. The van der Waals surface area contributed by atoms with Crippen LogP contribution in [0, 0.1) is 0 Å². The van der Waals surface area contributed by atoms with Crippen LogP contribution in [0.3, 0.4) is 0 Å². The maximum atomic E-state index is 6.21. The summed E-state index contributed by atoms with van der Waals surface area (Å²) in [5.74, 6) is 11.6. The summed E-state index contributed by atoms with van der Waals surface area (Å²) in [6.45, 7) is 1.94. The highest BCUT2D eigenvalue weighted by atomic mass is 16.5. The van der Waals surface area contributed by atoms with Crippen molar-refractivity contribution in [3.05, 3.63) is 36.8 Å². The maximum absolute atomic E-state index is 6.21. The van der Waals surface area contributed by atoms with Crippen molar-refractivity contribution in [2.24, 2.45) is 23.8 Å². The Kier molecular flexibility index (Phi) is 5.09. The first-order valence-electron chi connectivity index (χ1n) is 9.22. The highest BCUT2D eigenvalue weighted by molar-refractivity contribution is 5.95. The van der Waals surface area contributed by atoms with Gasteiger partial charge in [-0.3, -0.25) is 5.01 Å². The van der Waals surface area contributed by atoms with Gasteiger partial charge in [0, 0.05) is 18.8 Å². The van der Waals surface area contributed by atoms with E-state index < -0.39 is 0 Å². The number of aromatic nitrogens is 3. The second-order valence-corrected chi connectivity index (χ2v) is 6.82. The molecule has 146 valence electrons. The number of rotatable bonds is 5. The van der Waals surface area contributed by atoms with Gasteiger partial charge in [-0.2, -0.15) is 10.1 Å². The molecule has 2 aromatic heterocycles. The number of nitrogens with two attached hydrogens (primary N) is 2. The first-order valence-corrected chi connectivity index (χ1v) is 9.22. The molecule has 0 amide bonds. The fourth-order valence-electron chi connectivity index (χ4n) is 3.52. The number of piperidine rings is 1. The number of hydrazone groups is 1. The second kappa shape index (κ2) is 7.83. The van der Waals surface area contributed by atoms with Crippen molar-refractivity contribution in [1.29, 1.82) is 0 Å². The summed E-state index contributed by atoms with van der Waals surface area (Å²) in [4.78, 5) is 8.92. The highest BCUT2D eigenvalue weighted by Crippen LogP contribution is 2.33. The number of aryl methyl sites for hydroxylation is 1. The molecule has 28 heavy (non-hydrogen) atoms. The van der Waals surface area contributed by atoms with Crippen LogP contribution < -0.4 is 26.7 Å². The lowest BCUT2D eigenvalue weighted by atomic mass is 10.1. The minimum absolute atomic E-state index is 0.178. The monoisotopic (exact) mass is 380 g/mol. The first-order chi connectivity index (χ1) is 13.7. The van der Waals surface area contributed by atoms with Crippen LogP contribution in [0.2, 0.25) is 0 Å². The summed E-state index contributed by atoms with van der Waals surface area (Å²) in [5, 5.41) is 8.14. The number of fused-ring (bicyclic) bond motifs is 1. The van der Waals surface area contributed by atoms with Crippen LogP contribution in [0.5, 0.6) is 5.88 Å². The smallest absolute Gasteiger partial charge is 0.242 e. The molecule has 0 unspecified atom stereocenters. The lowest BCUT2D eigenvalue weighted by Gasteiger charge is -2.23. The van der Waals surface area contributed by atoms with E-state index in [1.165, 1.54) is 11.3 Å². The Morgan fingerprint density at radius 3 is 2.71 bits per heavy atom. The van der Waals surface area contributed by atoms with Crippen LogP contribution >= 0.6 is 0 Å². The summed E-state index contributed by atoms with van der Waals surface area (Å²) in [5.41, 5.74) is 4.58. The number of ether oxygens (including phenoxy) is 1. The molecule has 0 spiro atoms. The molecule has 1 aliphatic rings. The molecule has 0 aliphatic carbocycles. The van der Waals surface area contributed by atoms with Crippen LogP contribution in [0.4, 0.5) is 5.69 Å². The molecule has 0 saturated carbocycles. The van der Waals surface area contributed by atoms with Crippen molar-refractivity contribution < 1.29 is 4.74 Å². The number of anilines is 1. The van der Waals surface area contributed by atoms with Gasteiger partial charge in [0.2, 0.25) is 5.88 Å². The topological polar surface area (TPSA) is 120 Å². The SMILES string of the molecule is Cn1cc(-c2ccc(N(N)C=NN)cc2)c2ncnc(OC3CCNCC3)c21. The van der Waals surface area contributed by atoms with Gasteiger partial charge < -0.3 is 20.5 Å².